The van der Waals surface area contributed by atoms with Crippen molar-refractivity contribution in [3.8, 4) is 0 Å². The molecule has 1 rings (SSSR count). The van der Waals surface area contributed by atoms with E-state index in [0.717, 1.165) is 18.5 Å². The molecule has 0 bridgehead atoms. The number of allylic oxidation sites excluding steroid dienone is 4. The van der Waals surface area contributed by atoms with E-state index in [-0.39, 0.29) is 5.84 Å². The number of rotatable bonds is 9. The Morgan fingerprint density at radius 1 is 1.38 bits per heavy atom. The van der Waals surface area contributed by atoms with Gasteiger partial charge in [-0.2, -0.15) is 0 Å². The first-order valence-corrected chi connectivity index (χ1v) is 7.47. The second kappa shape index (κ2) is 9.78. The molecule has 24 heavy (non-hydrogen) atoms. The van der Waals surface area contributed by atoms with Crippen molar-refractivity contribution in [1.82, 2.24) is 5.32 Å². The number of nitrogens with two attached hydrogens (primary N) is 2. The van der Waals surface area contributed by atoms with Crippen LogP contribution >= 0.6 is 0 Å². The summed E-state index contributed by atoms with van der Waals surface area (Å²) in [4.78, 5) is 3.74. The number of nitrogens with zero attached hydrogens (tertiary/aromatic N) is 1. The fourth-order valence-electron chi connectivity index (χ4n) is 2.03. The standard InChI is InChI=1S/C18H24N6/c1-3-4-5-6-14(23-2)8-10-17(21)15-11-13(7-9-16(15)20)18(22)24-12-19/h3-5,7-9,11-12,21,23H,1,6,10,20H2,2H3,(H3,19,22,24)/b5-4-,14-8+,21-17?. The summed E-state index contributed by atoms with van der Waals surface area (Å²) in [5.41, 5.74) is 14.9. The lowest BCUT2D eigenvalue weighted by Crippen LogP contribution is -2.15. The Morgan fingerprint density at radius 2 is 2.12 bits per heavy atom. The van der Waals surface area contributed by atoms with Gasteiger partial charge in [0.15, 0.2) is 0 Å². The molecule has 126 valence electrons. The largest absolute Gasteiger partial charge is 0.398 e. The van der Waals surface area contributed by atoms with Crippen LogP contribution in [0.4, 0.5) is 5.69 Å². The lowest BCUT2D eigenvalue weighted by atomic mass is 10.0. The predicted molar refractivity (Wildman–Crippen MR) is 103 cm³/mol. The topological polar surface area (TPSA) is 124 Å². The summed E-state index contributed by atoms with van der Waals surface area (Å²) in [5, 5.41) is 18.4. The van der Waals surface area contributed by atoms with Crippen molar-refractivity contribution in [3.63, 3.8) is 0 Å². The molecular formula is C18H24N6. The Balaban J connectivity index is 2.96. The quantitative estimate of drug-likeness (QED) is 0.207. The average Bonchev–Trinajstić information content (AvgIpc) is 2.58. The van der Waals surface area contributed by atoms with Gasteiger partial charge in [0.1, 0.15) is 12.2 Å². The first-order valence-electron chi connectivity index (χ1n) is 7.47. The minimum atomic E-state index is 0.222. The Kier molecular flexibility index (Phi) is 7.70. The van der Waals surface area contributed by atoms with Crippen molar-refractivity contribution in [1.29, 1.82) is 10.8 Å². The second-order valence-electron chi connectivity index (χ2n) is 4.98. The molecule has 0 aliphatic heterocycles. The molecule has 7 N–H and O–H groups in total. The van der Waals surface area contributed by atoms with E-state index < -0.39 is 0 Å². The summed E-state index contributed by atoms with van der Waals surface area (Å²) in [5.74, 6) is 0.222. The normalized spacial score (nSPS) is 12.2. The maximum absolute atomic E-state index is 8.28. The van der Waals surface area contributed by atoms with Crippen molar-refractivity contribution in [2.75, 3.05) is 12.8 Å². The van der Waals surface area contributed by atoms with Gasteiger partial charge < -0.3 is 22.2 Å². The van der Waals surface area contributed by atoms with Crippen LogP contribution in [0.25, 0.3) is 0 Å². The molecule has 1 aromatic rings. The SMILES string of the molecule is C=C/C=C\C/C(=C\CC(=N)c1cc(C(N)=NC=N)ccc1N)NC. The summed E-state index contributed by atoms with van der Waals surface area (Å²) in [7, 11) is 1.85. The van der Waals surface area contributed by atoms with Gasteiger partial charge in [0, 0.05) is 48.1 Å². The summed E-state index contributed by atoms with van der Waals surface area (Å²) in [6.07, 6.45) is 9.61. The van der Waals surface area contributed by atoms with Gasteiger partial charge in [0.05, 0.1) is 0 Å². The van der Waals surface area contributed by atoms with Crippen molar-refractivity contribution in [3.05, 3.63) is 65.9 Å². The highest BCUT2D eigenvalue weighted by molar-refractivity contribution is 6.07. The summed E-state index contributed by atoms with van der Waals surface area (Å²) in [6.45, 7) is 3.63. The summed E-state index contributed by atoms with van der Waals surface area (Å²) in [6, 6.07) is 5.15. The number of nitrogens with one attached hydrogen (secondary N) is 3. The van der Waals surface area contributed by atoms with Crippen LogP contribution in [0.1, 0.15) is 24.0 Å². The van der Waals surface area contributed by atoms with E-state index in [2.05, 4.69) is 16.9 Å². The Hall–Kier alpha value is -3.15. The van der Waals surface area contributed by atoms with Crippen molar-refractivity contribution < 1.29 is 0 Å². The predicted octanol–water partition coefficient (Wildman–Crippen LogP) is 2.57. The van der Waals surface area contributed by atoms with E-state index in [1.54, 1.807) is 24.3 Å². The molecule has 0 amide bonds. The lowest BCUT2D eigenvalue weighted by Gasteiger charge is -2.10. The van der Waals surface area contributed by atoms with Crippen LogP contribution in [-0.2, 0) is 0 Å². The lowest BCUT2D eigenvalue weighted by molar-refractivity contribution is 0.929. The third kappa shape index (κ3) is 5.57. The summed E-state index contributed by atoms with van der Waals surface area (Å²) < 4.78 is 0. The van der Waals surface area contributed by atoms with Gasteiger partial charge in [-0.25, -0.2) is 4.99 Å². The van der Waals surface area contributed by atoms with Gasteiger partial charge in [-0.05, 0) is 18.2 Å². The molecule has 6 heteroatoms. The molecule has 0 saturated carbocycles. The molecular weight excluding hydrogens is 300 g/mol. The van der Waals surface area contributed by atoms with Crippen molar-refractivity contribution >= 4 is 23.6 Å². The number of benzene rings is 1. The third-order valence-corrected chi connectivity index (χ3v) is 3.36. The average molecular weight is 324 g/mol. The molecule has 0 atom stereocenters. The molecule has 0 aromatic heterocycles. The van der Waals surface area contributed by atoms with E-state index in [1.807, 2.05) is 25.3 Å². The fourth-order valence-corrected chi connectivity index (χ4v) is 2.03. The first kappa shape index (κ1) is 18.9. The first-order chi connectivity index (χ1) is 11.5. The molecule has 0 spiro atoms. The maximum Gasteiger partial charge on any atom is 0.132 e. The summed E-state index contributed by atoms with van der Waals surface area (Å²) >= 11 is 0. The zero-order valence-electron chi connectivity index (χ0n) is 13.8. The number of anilines is 1. The number of hydrogen-bond acceptors (Lipinski definition) is 4. The van der Waals surface area contributed by atoms with Crippen LogP contribution in [0.2, 0.25) is 0 Å². The molecule has 0 unspecified atom stereocenters. The third-order valence-electron chi connectivity index (χ3n) is 3.36. The molecule has 6 nitrogen and oxygen atoms in total. The minimum Gasteiger partial charge on any atom is -0.398 e. The van der Waals surface area contributed by atoms with Gasteiger partial charge in [0.25, 0.3) is 0 Å². The maximum atomic E-state index is 8.28. The molecule has 0 aliphatic rings. The molecule has 0 heterocycles. The van der Waals surface area contributed by atoms with Gasteiger partial charge >= 0.3 is 0 Å². The van der Waals surface area contributed by atoms with Crippen LogP contribution in [0, 0.1) is 10.8 Å². The molecule has 0 aliphatic carbocycles. The van der Waals surface area contributed by atoms with Crippen LogP contribution < -0.4 is 16.8 Å². The van der Waals surface area contributed by atoms with E-state index in [0.29, 0.717) is 28.9 Å². The van der Waals surface area contributed by atoms with E-state index >= 15 is 0 Å². The van der Waals surface area contributed by atoms with E-state index in [1.165, 1.54) is 0 Å². The Labute approximate surface area is 142 Å². The zero-order valence-corrected chi connectivity index (χ0v) is 13.8. The van der Waals surface area contributed by atoms with E-state index in [4.69, 9.17) is 22.3 Å². The molecule has 0 fully saturated rings. The van der Waals surface area contributed by atoms with Gasteiger partial charge in [-0.3, -0.25) is 5.41 Å². The Morgan fingerprint density at radius 3 is 2.75 bits per heavy atom. The van der Waals surface area contributed by atoms with Crippen LogP contribution in [0.3, 0.4) is 0 Å². The highest BCUT2D eigenvalue weighted by atomic mass is 14.9. The smallest absolute Gasteiger partial charge is 0.132 e. The molecule has 0 radical (unpaired) electrons. The van der Waals surface area contributed by atoms with Crippen molar-refractivity contribution in [2.24, 2.45) is 10.7 Å². The van der Waals surface area contributed by atoms with Crippen LogP contribution in [-0.4, -0.2) is 24.9 Å². The number of aliphatic imine (C=N–C) groups is 1. The second-order valence-corrected chi connectivity index (χ2v) is 4.98. The van der Waals surface area contributed by atoms with Gasteiger partial charge in [0.2, 0.25) is 0 Å². The Bertz CT molecular complexity index is 697. The van der Waals surface area contributed by atoms with Gasteiger partial charge in [-0.1, -0.05) is 30.9 Å². The fraction of sp³-hybridized carbons (Fsp3) is 0.167. The molecule has 0 saturated heterocycles. The highest BCUT2D eigenvalue weighted by Gasteiger charge is 2.08. The van der Waals surface area contributed by atoms with E-state index in [9.17, 15) is 0 Å². The van der Waals surface area contributed by atoms with Crippen molar-refractivity contribution in [2.45, 2.75) is 12.8 Å². The highest BCUT2D eigenvalue weighted by Crippen LogP contribution is 2.17. The number of hydrogen-bond donors (Lipinski definition) is 5. The van der Waals surface area contributed by atoms with Crippen LogP contribution in [0.15, 0.2) is 59.8 Å². The minimum absolute atomic E-state index is 0.222. The van der Waals surface area contributed by atoms with Crippen LogP contribution in [0.5, 0.6) is 0 Å². The monoisotopic (exact) mass is 324 g/mol. The number of nitrogen functional groups attached to an aromatic ring is 1. The number of amidine groups is 1. The van der Waals surface area contributed by atoms with Gasteiger partial charge in [-0.15, -0.1) is 0 Å². The zero-order chi connectivity index (χ0) is 17.9. The molecule has 1 aromatic carbocycles.